The van der Waals surface area contributed by atoms with Gasteiger partial charge in [0, 0.05) is 6.20 Å². The van der Waals surface area contributed by atoms with Gasteiger partial charge in [0.05, 0.1) is 5.92 Å². The third kappa shape index (κ3) is 1.95. The predicted molar refractivity (Wildman–Crippen MR) is 45.3 cm³/mol. The molecule has 0 aliphatic heterocycles. The summed E-state index contributed by atoms with van der Waals surface area (Å²) in [7, 11) is 0. The van der Waals surface area contributed by atoms with Gasteiger partial charge in [0.2, 0.25) is 0 Å². The van der Waals surface area contributed by atoms with Crippen LogP contribution in [0.3, 0.4) is 0 Å². The monoisotopic (exact) mass is 185 g/mol. The number of hydrogen-bond donors (Lipinski definition) is 1. The minimum atomic E-state index is -0.862. The molecule has 0 fully saturated rings. The molecule has 1 N–H and O–H groups in total. The molecule has 4 heteroatoms. The van der Waals surface area contributed by atoms with Crippen LogP contribution in [0.4, 0.5) is 0 Å². The Morgan fingerprint density at radius 3 is 2.75 bits per heavy atom. The minimum Gasteiger partial charge on any atom is -0.481 e. The average Bonchev–Trinajstić information content (AvgIpc) is 2.04. The van der Waals surface area contributed by atoms with Crippen molar-refractivity contribution in [1.29, 1.82) is 0 Å². The lowest BCUT2D eigenvalue weighted by Crippen LogP contribution is -2.07. The van der Waals surface area contributed by atoms with E-state index in [-0.39, 0.29) is 0 Å². The minimum absolute atomic E-state index is 0.372. The van der Waals surface area contributed by atoms with E-state index < -0.39 is 11.9 Å². The molecule has 1 atom stereocenters. The van der Waals surface area contributed by atoms with Gasteiger partial charge in [0.25, 0.3) is 0 Å². The maximum absolute atomic E-state index is 10.5. The van der Waals surface area contributed by atoms with E-state index >= 15 is 0 Å². The van der Waals surface area contributed by atoms with Crippen LogP contribution in [0.25, 0.3) is 0 Å². The Morgan fingerprint density at radius 2 is 2.33 bits per heavy atom. The third-order valence-electron chi connectivity index (χ3n) is 1.62. The van der Waals surface area contributed by atoms with E-state index in [1.54, 1.807) is 19.1 Å². The van der Waals surface area contributed by atoms with Crippen LogP contribution in [0.5, 0.6) is 0 Å². The first-order valence-electron chi connectivity index (χ1n) is 3.45. The van der Waals surface area contributed by atoms with Crippen molar-refractivity contribution in [2.75, 3.05) is 0 Å². The highest BCUT2D eigenvalue weighted by molar-refractivity contribution is 6.29. The van der Waals surface area contributed by atoms with Crippen LogP contribution in [0, 0.1) is 0 Å². The molecule has 0 radical (unpaired) electrons. The van der Waals surface area contributed by atoms with E-state index in [0.717, 1.165) is 0 Å². The standard InChI is InChI=1S/C8H8ClNO2/c1-5(8(11)12)6-2-3-7(9)10-4-6/h2-5H,1H3,(H,11,12)/t5-/m0/s1. The molecule has 0 aromatic carbocycles. The van der Waals surface area contributed by atoms with Crippen molar-refractivity contribution in [3.05, 3.63) is 29.0 Å². The fourth-order valence-corrected chi connectivity index (χ4v) is 0.898. The van der Waals surface area contributed by atoms with Gasteiger partial charge >= 0.3 is 5.97 Å². The molecule has 0 aliphatic carbocycles. The second-order valence-corrected chi connectivity index (χ2v) is 2.86. The fraction of sp³-hybridized carbons (Fsp3) is 0.250. The van der Waals surface area contributed by atoms with Crippen molar-refractivity contribution in [1.82, 2.24) is 4.98 Å². The highest BCUT2D eigenvalue weighted by Gasteiger charge is 2.13. The van der Waals surface area contributed by atoms with Crippen molar-refractivity contribution < 1.29 is 9.90 Å². The Hall–Kier alpha value is -1.09. The van der Waals surface area contributed by atoms with E-state index in [9.17, 15) is 4.79 Å². The smallest absolute Gasteiger partial charge is 0.310 e. The Kier molecular flexibility index (Phi) is 2.65. The number of pyridine rings is 1. The number of halogens is 1. The van der Waals surface area contributed by atoms with Crippen LogP contribution < -0.4 is 0 Å². The number of nitrogens with zero attached hydrogens (tertiary/aromatic N) is 1. The summed E-state index contributed by atoms with van der Waals surface area (Å²) in [5.41, 5.74) is 0.659. The molecule has 1 aromatic rings. The number of rotatable bonds is 2. The number of aliphatic carboxylic acids is 1. The molecule has 1 heterocycles. The molecule has 0 amide bonds. The van der Waals surface area contributed by atoms with Crippen molar-refractivity contribution in [3.8, 4) is 0 Å². The molecule has 1 aromatic heterocycles. The SMILES string of the molecule is C[C@H](C(=O)O)c1ccc(Cl)nc1. The zero-order valence-electron chi connectivity index (χ0n) is 6.49. The topological polar surface area (TPSA) is 50.2 Å². The second-order valence-electron chi connectivity index (χ2n) is 2.47. The van der Waals surface area contributed by atoms with Crippen LogP contribution in [-0.4, -0.2) is 16.1 Å². The van der Waals surface area contributed by atoms with Gasteiger partial charge in [-0.05, 0) is 18.6 Å². The van der Waals surface area contributed by atoms with Gasteiger partial charge < -0.3 is 5.11 Å². The molecule has 0 spiro atoms. The summed E-state index contributed by atoms with van der Waals surface area (Å²) in [4.78, 5) is 14.3. The van der Waals surface area contributed by atoms with Gasteiger partial charge in [-0.3, -0.25) is 4.79 Å². The second kappa shape index (κ2) is 3.54. The van der Waals surface area contributed by atoms with Gasteiger partial charge in [-0.1, -0.05) is 17.7 Å². The van der Waals surface area contributed by atoms with Gasteiger partial charge in [-0.15, -0.1) is 0 Å². The quantitative estimate of drug-likeness (QED) is 0.717. The summed E-state index contributed by atoms with van der Waals surface area (Å²) < 4.78 is 0. The zero-order chi connectivity index (χ0) is 9.14. The van der Waals surface area contributed by atoms with Crippen LogP contribution >= 0.6 is 11.6 Å². The van der Waals surface area contributed by atoms with Gasteiger partial charge in [0.15, 0.2) is 0 Å². The van der Waals surface area contributed by atoms with Crippen molar-refractivity contribution in [2.45, 2.75) is 12.8 Å². The lowest BCUT2D eigenvalue weighted by molar-refractivity contribution is -0.138. The summed E-state index contributed by atoms with van der Waals surface area (Å²) in [5, 5.41) is 9.02. The first-order chi connectivity index (χ1) is 5.61. The summed E-state index contributed by atoms with van der Waals surface area (Å²) >= 11 is 5.54. The third-order valence-corrected chi connectivity index (χ3v) is 1.84. The lowest BCUT2D eigenvalue weighted by atomic mass is 10.0. The van der Waals surface area contributed by atoms with Crippen molar-refractivity contribution in [3.63, 3.8) is 0 Å². The van der Waals surface area contributed by atoms with Crippen LogP contribution in [-0.2, 0) is 4.79 Å². The first-order valence-corrected chi connectivity index (χ1v) is 3.83. The normalized spacial score (nSPS) is 12.5. The fourth-order valence-electron chi connectivity index (χ4n) is 0.786. The lowest BCUT2D eigenvalue weighted by Gasteiger charge is -2.04. The molecule has 64 valence electrons. The van der Waals surface area contributed by atoms with Crippen molar-refractivity contribution >= 4 is 17.6 Å². The largest absolute Gasteiger partial charge is 0.481 e. The molecule has 0 saturated carbocycles. The summed E-state index contributed by atoms with van der Waals surface area (Å²) in [6.45, 7) is 1.60. The van der Waals surface area contributed by atoms with Gasteiger partial charge in [-0.25, -0.2) is 4.98 Å². The maximum Gasteiger partial charge on any atom is 0.310 e. The molecule has 0 saturated heterocycles. The molecule has 0 aliphatic rings. The Bertz CT molecular complexity index is 284. The number of aromatic nitrogens is 1. The zero-order valence-corrected chi connectivity index (χ0v) is 7.25. The molecule has 0 bridgehead atoms. The molecule has 3 nitrogen and oxygen atoms in total. The number of carboxylic acid groups (broad SMARTS) is 1. The summed E-state index contributed by atoms with van der Waals surface area (Å²) in [6, 6.07) is 3.24. The van der Waals surface area contributed by atoms with E-state index in [1.165, 1.54) is 6.20 Å². The Morgan fingerprint density at radius 1 is 1.67 bits per heavy atom. The maximum atomic E-state index is 10.5. The molecule has 1 rings (SSSR count). The van der Waals surface area contributed by atoms with E-state index in [2.05, 4.69) is 4.98 Å². The number of hydrogen-bond acceptors (Lipinski definition) is 2. The average molecular weight is 186 g/mol. The Balaban J connectivity index is 2.89. The van der Waals surface area contributed by atoms with Gasteiger partial charge in [0.1, 0.15) is 5.15 Å². The summed E-state index contributed by atoms with van der Waals surface area (Å²) in [5.74, 6) is -1.39. The van der Waals surface area contributed by atoms with Crippen LogP contribution in [0.1, 0.15) is 18.4 Å². The highest BCUT2D eigenvalue weighted by atomic mass is 35.5. The van der Waals surface area contributed by atoms with Crippen LogP contribution in [0.2, 0.25) is 5.15 Å². The number of carbonyl (C=O) groups is 1. The van der Waals surface area contributed by atoms with E-state index in [0.29, 0.717) is 10.7 Å². The highest BCUT2D eigenvalue weighted by Crippen LogP contribution is 2.15. The molecule has 0 unspecified atom stereocenters. The van der Waals surface area contributed by atoms with E-state index in [1.807, 2.05) is 0 Å². The molecular weight excluding hydrogens is 178 g/mol. The number of carboxylic acids is 1. The summed E-state index contributed by atoms with van der Waals surface area (Å²) in [6.07, 6.45) is 1.47. The predicted octanol–water partition coefficient (Wildman–Crippen LogP) is 1.92. The van der Waals surface area contributed by atoms with E-state index in [4.69, 9.17) is 16.7 Å². The van der Waals surface area contributed by atoms with Crippen LogP contribution in [0.15, 0.2) is 18.3 Å². The first kappa shape index (κ1) is 9.00. The Labute approximate surface area is 75.0 Å². The molecular formula is C8H8ClNO2. The van der Waals surface area contributed by atoms with Gasteiger partial charge in [-0.2, -0.15) is 0 Å². The van der Waals surface area contributed by atoms with Crippen molar-refractivity contribution in [2.24, 2.45) is 0 Å². The molecule has 12 heavy (non-hydrogen) atoms.